The summed E-state index contributed by atoms with van der Waals surface area (Å²) in [5.74, 6) is 1.45. The van der Waals surface area contributed by atoms with E-state index in [4.69, 9.17) is 14.9 Å². The number of fused-ring (bicyclic) bond motifs is 3. The van der Waals surface area contributed by atoms with Gasteiger partial charge in [-0.15, -0.1) is 5.10 Å². The molecule has 0 saturated heterocycles. The predicted octanol–water partition coefficient (Wildman–Crippen LogP) is 3.62. The van der Waals surface area contributed by atoms with Gasteiger partial charge in [-0.3, -0.25) is 4.79 Å². The number of nitrogen functional groups attached to an aromatic ring is 1. The van der Waals surface area contributed by atoms with E-state index in [1.807, 2.05) is 61.5 Å². The Morgan fingerprint density at radius 1 is 1.05 bits per heavy atom. The summed E-state index contributed by atoms with van der Waals surface area (Å²) in [6.45, 7) is 2.74. The second-order valence-corrected chi connectivity index (χ2v) is 8.52. The van der Waals surface area contributed by atoms with E-state index in [0.717, 1.165) is 16.9 Å². The van der Waals surface area contributed by atoms with E-state index in [1.165, 1.54) is 4.52 Å². The molecular weight excluding hydrogens is 484 g/mol. The van der Waals surface area contributed by atoms with Gasteiger partial charge in [0.25, 0.3) is 0 Å². The van der Waals surface area contributed by atoms with Gasteiger partial charge in [-0.2, -0.15) is 14.6 Å². The number of carbonyl (C=O) groups excluding carboxylic acids is 1. The second-order valence-electron chi connectivity index (χ2n) is 8.52. The number of hydrogen-bond donors (Lipinski definition) is 2. The van der Waals surface area contributed by atoms with E-state index in [1.54, 1.807) is 29.3 Å². The maximum absolute atomic E-state index is 13.7. The van der Waals surface area contributed by atoms with Gasteiger partial charge < -0.3 is 20.2 Å². The van der Waals surface area contributed by atoms with Crippen molar-refractivity contribution >= 4 is 28.5 Å². The SMILES string of the molecule is CCOc1ccccc1CNC(=O)C(c1ccccc1)n1ncc2c1nc(N)n1nc(-c3ccco3)nc21. The molecule has 0 aliphatic heterocycles. The summed E-state index contributed by atoms with van der Waals surface area (Å²) in [6.07, 6.45) is 3.16. The number of nitrogens with zero attached hydrogens (tertiary/aromatic N) is 6. The average Bonchev–Trinajstić information content (AvgIpc) is 3.70. The summed E-state index contributed by atoms with van der Waals surface area (Å²) in [7, 11) is 0. The quantitative estimate of drug-likeness (QED) is 0.318. The number of benzene rings is 2. The highest BCUT2D eigenvalue weighted by molar-refractivity contribution is 5.92. The third-order valence-electron chi connectivity index (χ3n) is 6.13. The Hall–Kier alpha value is -5.19. The highest BCUT2D eigenvalue weighted by atomic mass is 16.5. The molecule has 11 nitrogen and oxygen atoms in total. The van der Waals surface area contributed by atoms with Crippen molar-refractivity contribution in [2.75, 3.05) is 12.3 Å². The first-order valence-corrected chi connectivity index (χ1v) is 12.1. The van der Waals surface area contributed by atoms with Gasteiger partial charge in [0.1, 0.15) is 5.75 Å². The standard InChI is InChI=1S/C27H24N8O3/c1-2-37-20-12-7-6-11-18(20)15-29-26(36)22(17-9-4-3-5-10-17)34-25-19(16-30-34)24-31-23(21-13-8-14-38-21)33-35(24)27(28)32-25/h3-14,16,22H,2,15H2,1H3,(H2,28,32)(H,29,36). The molecule has 0 radical (unpaired) electrons. The minimum atomic E-state index is -0.810. The average molecular weight is 509 g/mol. The van der Waals surface area contributed by atoms with Crippen LogP contribution in [0.4, 0.5) is 5.95 Å². The van der Waals surface area contributed by atoms with E-state index in [9.17, 15) is 4.79 Å². The van der Waals surface area contributed by atoms with Crippen molar-refractivity contribution in [1.82, 2.24) is 34.7 Å². The van der Waals surface area contributed by atoms with Gasteiger partial charge >= 0.3 is 0 Å². The van der Waals surface area contributed by atoms with Crippen LogP contribution in [-0.4, -0.2) is 41.9 Å². The Labute approximate surface area is 216 Å². The third-order valence-corrected chi connectivity index (χ3v) is 6.13. The van der Waals surface area contributed by atoms with Crippen LogP contribution >= 0.6 is 0 Å². The first-order chi connectivity index (χ1) is 18.6. The molecule has 1 unspecified atom stereocenters. The first-order valence-electron chi connectivity index (χ1n) is 12.1. The maximum Gasteiger partial charge on any atom is 0.249 e. The smallest absolute Gasteiger partial charge is 0.249 e. The zero-order valence-corrected chi connectivity index (χ0v) is 20.5. The van der Waals surface area contributed by atoms with Gasteiger partial charge in [0.2, 0.25) is 17.7 Å². The molecule has 0 bridgehead atoms. The monoisotopic (exact) mass is 508 g/mol. The number of rotatable bonds is 8. The number of hydrogen-bond acceptors (Lipinski definition) is 8. The van der Waals surface area contributed by atoms with Crippen LogP contribution in [0.25, 0.3) is 28.3 Å². The minimum absolute atomic E-state index is 0.109. The summed E-state index contributed by atoms with van der Waals surface area (Å²) in [5.41, 5.74) is 8.76. The predicted molar refractivity (Wildman–Crippen MR) is 140 cm³/mol. The van der Waals surface area contributed by atoms with Crippen LogP contribution in [0.15, 0.2) is 83.6 Å². The number of carbonyl (C=O) groups is 1. The summed E-state index contributed by atoms with van der Waals surface area (Å²) in [4.78, 5) is 22.9. The molecule has 1 atom stereocenters. The van der Waals surface area contributed by atoms with E-state index < -0.39 is 6.04 Å². The lowest BCUT2D eigenvalue weighted by atomic mass is 10.1. The fourth-order valence-electron chi connectivity index (χ4n) is 4.39. The van der Waals surface area contributed by atoms with Gasteiger partial charge in [0.05, 0.1) is 24.5 Å². The Morgan fingerprint density at radius 3 is 2.66 bits per heavy atom. The summed E-state index contributed by atoms with van der Waals surface area (Å²) in [5, 5.41) is 12.6. The molecule has 4 aromatic heterocycles. The molecule has 1 amide bonds. The Bertz CT molecular complexity index is 1720. The lowest BCUT2D eigenvalue weighted by Gasteiger charge is -2.19. The van der Waals surface area contributed by atoms with Crippen molar-refractivity contribution in [1.29, 1.82) is 0 Å². The van der Waals surface area contributed by atoms with Crippen LogP contribution in [0.3, 0.4) is 0 Å². The van der Waals surface area contributed by atoms with E-state index in [0.29, 0.717) is 34.9 Å². The molecule has 0 aliphatic rings. The van der Waals surface area contributed by atoms with Gasteiger partial charge in [0, 0.05) is 12.1 Å². The number of amides is 1. The van der Waals surface area contributed by atoms with E-state index in [2.05, 4.69) is 25.5 Å². The molecule has 0 saturated carbocycles. The van der Waals surface area contributed by atoms with Gasteiger partial charge in [-0.25, -0.2) is 9.67 Å². The summed E-state index contributed by atoms with van der Waals surface area (Å²) >= 11 is 0. The number of aromatic nitrogens is 6. The Kier molecular flexibility index (Phi) is 5.92. The van der Waals surface area contributed by atoms with Gasteiger partial charge in [-0.05, 0) is 30.7 Å². The molecule has 6 rings (SSSR count). The molecule has 11 heteroatoms. The molecule has 2 aromatic carbocycles. The lowest BCUT2D eigenvalue weighted by molar-refractivity contribution is -0.123. The van der Waals surface area contributed by atoms with Crippen molar-refractivity contribution in [2.45, 2.75) is 19.5 Å². The number of nitrogens with two attached hydrogens (primary N) is 1. The van der Waals surface area contributed by atoms with Crippen LogP contribution in [0, 0.1) is 0 Å². The van der Waals surface area contributed by atoms with Crippen molar-refractivity contribution in [3.05, 3.63) is 90.3 Å². The van der Waals surface area contributed by atoms with Crippen LogP contribution in [0.2, 0.25) is 0 Å². The first kappa shape index (κ1) is 23.2. The largest absolute Gasteiger partial charge is 0.494 e. The molecule has 4 heterocycles. The van der Waals surface area contributed by atoms with Crippen LogP contribution in [-0.2, 0) is 11.3 Å². The Balaban J connectivity index is 1.41. The fraction of sp³-hybridized carbons (Fsp3) is 0.148. The fourth-order valence-corrected chi connectivity index (χ4v) is 4.39. The molecule has 190 valence electrons. The third kappa shape index (κ3) is 4.09. The van der Waals surface area contributed by atoms with Crippen LogP contribution in [0.1, 0.15) is 24.1 Å². The number of anilines is 1. The molecule has 0 fully saturated rings. The molecular formula is C27H24N8O3. The van der Waals surface area contributed by atoms with Crippen LogP contribution < -0.4 is 15.8 Å². The number of furan rings is 1. The maximum atomic E-state index is 13.7. The zero-order valence-electron chi connectivity index (χ0n) is 20.5. The van der Waals surface area contributed by atoms with Crippen molar-refractivity contribution in [2.24, 2.45) is 0 Å². The molecule has 0 spiro atoms. The molecule has 0 aliphatic carbocycles. The zero-order chi connectivity index (χ0) is 26.1. The number of ether oxygens (including phenoxy) is 1. The van der Waals surface area contributed by atoms with Crippen molar-refractivity contribution < 1.29 is 13.9 Å². The summed E-state index contributed by atoms with van der Waals surface area (Å²) < 4.78 is 14.2. The van der Waals surface area contributed by atoms with Crippen molar-refractivity contribution in [3.63, 3.8) is 0 Å². The van der Waals surface area contributed by atoms with Crippen molar-refractivity contribution in [3.8, 4) is 17.3 Å². The highest BCUT2D eigenvalue weighted by Crippen LogP contribution is 2.28. The van der Waals surface area contributed by atoms with Crippen LogP contribution in [0.5, 0.6) is 5.75 Å². The summed E-state index contributed by atoms with van der Waals surface area (Å²) in [6, 6.07) is 19.7. The minimum Gasteiger partial charge on any atom is -0.494 e. The topological polar surface area (TPSA) is 138 Å². The van der Waals surface area contributed by atoms with Gasteiger partial charge in [-0.1, -0.05) is 48.5 Å². The highest BCUT2D eigenvalue weighted by Gasteiger charge is 2.27. The van der Waals surface area contributed by atoms with E-state index >= 15 is 0 Å². The second kappa shape index (κ2) is 9.69. The number of nitrogens with one attached hydrogen (secondary N) is 1. The Morgan fingerprint density at radius 2 is 1.87 bits per heavy atom. The number of para-hydroxylation sites is 1. The molecule has 3 N–H and O–H groups in total. The van der Waals surface area contributed by atoms with E-state index in [-0.39, 0.29) is 18.4 Å². The lowest BCUT2D eigenvalue weighted by Crippen LogP contribution is -2.33. The van der Waals surface area contributed by atoms with Gasteiger partial charge in [0.15, 0.2) is 23.1 Å². The normalized spacial score (nSPS) is 12.1. The molecule has 6 aromatic rings. The molecule has 38 heavy (non-hydrogen) atoms.